The molecule has 0 aliphatic rings. The van der Waals surface area contributed by atoms with Crippen LogP contribution in [0.2, 0.25) is 0 Å². The quantitative estimate of drug-likeness (QED) is 0.443. The second-order valence-electron chi connectivity index (χ2n) is 5.24. The van der Waals surface area contributed by atoms with Crippen molar-refractivity contribution in [3.05, 3.63) is 57.6 Å². The molecule has 0 atom stereocenters. The fraction of sp³-hybridized carbons (Fsp3) is 0.176. The zero-order valence-corrected chi connectivity index (χ0v) is 14.1. The van der Waals surface area contributed by atoms with Crippen molar-refractivity contribution in [1.29, 1.82) is 0 Å². The van der Waals surface area contributed by atoms with Gasteiger partial charge in [-0.2, -0.15) is 5.10 Å². The number of hydrogen-bond acceptors (Lipinski definition) is 7. The maximum absolute atomic E-state index is 11.7. The van der Waals surface area contributed by atoms with Gasteiger partial charge in [-0.1, -0.05) is 17.7 Å². The van der Waals surface area contributed by atoms with Crippen molar-refractivity contribution in [3.63, 3.8) is 0 Å². The van der Waals surface area contributed by atoms with Gasteiger partial charge in [-0.25, -0.2) is 5.43 Å². The molecule has 9 nitrogen and oxygen atoms in total. The molecule has 0 aliphatic carbocycles. The third-order valence-electron chi connectivity index (χ3n) is 3.29. The van der Waals surface area contributed by atoms with Gasteiger partial charge in [0.2, 0.25) is 5.75 Å². The molecule has 2 aromatic carbocycles. The van der Waals surface area contributed by atoms with E-state index in [0.29, 0.717) is 5.75 Å². The van der Waals surface area contributed by atoms with Gasteiger partial charge in [-0.05, 0) is 25.1 Å². The first-order valence-corrected chi connectivity index (χ1v) is 7.47. The number of nitro groups is 1. The van der Waals surface area contributed by atoms with Crippen molar-refractivity contribution < 1.29 is 24.3 Å². The summed E-state index contributed by atoms with van der Waals surface area (Å²) in [6.45, 7) is 1.70. The fourth-order valence-electron chi connectivity index (χ4n) is 1.98. The van der Waals surface area contributed by atoms with Gasteiger partial charge in [0.25, 0.3) is 5.91 Å². The molecule has 136 valence electrons. The smallest absolute Gasteiger partial charge is 0.315 e. The van der Waals surface area contributed by atoms with E-state index < -0.39 is 22.3 Å². The molecule has 0 spiro atoms. The lowest BCUT2D eigenvalue weighted by atomic mass is 10.2. The second kappa shape index (κ2) is 8.47. The Kier molecular flexibility index (Phi) is 6.10. The van der Waals surface area contributed by atoms with Crippen LogP contribution in [0.4, 0.5) is 5.69 Å². The maximum Gasteiger partial charge on any atom is 0.315 e. The number of carbonyl (C=O) groups is 1. The number of hydrogen-bond donors (Lipinski definition) is 2. The Morgan fingerprint density at radius 3 is 2.65 bits per heavy atom. The number of carbonyl (C=O) groups excluding carboxylic acids is 1. The number of nitro benzene ring substituents is 1. The molecule has 0 aromatic heterocycles. The fourth-order valence-corrected chi connectivity index (χ4v) is 1.98. The summed E-state index contributed by atoms with van der Waals surface area (Å²) in [6, 6.07) is 9.66. The van der Waals surface area contributed by atoms with Crippen LogP contribution in [0.3, 0.4) is 0 Å². The van der Waals surface area contributed by atoms with Gasteiger partial charge >= 0.3 is 5.69 Å². The average molecular weight is 359 g/mol. The van der Waals surface area contributed by atoms with Crippen LogP contribution in [0.15, 0.2) is 41.5 Å². The van der Waals surface area contributed by atoms with E-state index in [1.54, 1.807) is 12.1 Å². The third-order valence-corrected chi connectivity index (χ3v) is 3.29. The molecule has 0 fully saturated rings. The van der Waals surface area contributed by atoms with Crippen LogP contribution >= 0.6 is 0 Å². The number of benzene rings is 2. The first kappa shape index (κ1) is 18.7. The molecule has 0 unspecified atom stereocenters. The monoisotopic (exact) mass is 359 g/mol. The largest absolute Gasteiger partial charge is 0.500 e. The minimum atomic E-state index is -0.747. The Labute approximate surface area is 149 Å². The zero-order chi connectivity index (χ0) is 19.1. The first-order valence-electron chi connectivity index (χ1n) is 7.47. The maximum atomic E-state index is 11.7. The number of aromatic hydroxyl groups is 1. The highest BCUT2D eigenvalue weighted by molar-refractivity contribution is 5.85. The van der Waals surface area contributed by atoms with Gasteiger partial charge in [0.1, 0.15) is 5.75 Å². The number of ether oxygens (including phenoxy) is 2. The van der Waals surface area contributed by atoms with E-state index >= 15 is 0 Å². The van der Waals surface area contributed by atoms with Crippen LogP contribution < -0.4 is 14.9 Å². The lowest BCUT2D eigenvalue weighted by molar-refractivity contribution is -0.386. The molecule has 0 saturated carbocycles. The number of nitrogens with zero attached hydrogens (tertiary/aromatic N) is 2. The molecule has 0 heterocycles. The lowest BCUT2D eigenvalue weighted by Gasteiger charge is -2.06. The Morgan fingerprint density at radius 2 is 2.04 bits per heavy atom. The van der Waals surface area contributed by atoms with Gasteiger partial charge in [-0.3, -0.25) is 14.9 Å². The molecule has 0 radical (unpaired) electrons. The Hall–Kier alpha value is -3.62. The van der Waals surface area contributed by atoms with Crippen molar-refractivity contribution >= 4 is 17.8 Å². The summed E-state index contributed by atoms with van der Waals surface area (Å²) in [5, 5.41) is 24.3. The molecular formula is C17H17N3O6. The number of aryl methyl sites for hydroxylation is 1. The summed E-state index contributed by atoms with van der Waals surface area (Å²) in [5.41, 5.74) is 3.06. The molecule has 26 heavy (non-hydrogen) atoms. The number of rotatable bonds is 7. The standard InChI is InChI=1S/C17H17N3O6/c1-11-3-5-13(6-4-11)26-10-16(21)19-18-9-12-7-14(20(23)24)17(22)15(8-12)25-2/h3-9,22H,10H2,1-2H3,(H,19,21)/b18-9-. The van der Waals surface area contributed by atoms with Gasteiger partial charge in [0.15, 0.2) is 12.4 Å². The zero-order valence-electron chi connectivity index (χ0n) is 14.1. The third kappa shape index (κ3) is 4.94. The number of amides is 1. The highest BCUT2D eigenvalue weighted by Crippen LogP contribution is 2.36. The summed E-state index contributed by atoms with van der Waals surface area (Å²) < 4.78 is 10.2. The molecular weight excluding hydrogens is 342 g/mol. The first-order chi connectivity index (χ1) is 12.4. The van der Waals surface area contributed by atoms with Crippen molar-refractivity contribution in [3.8, 4) is 17.2 Å². The summed E-state index contributed by atoms with van der Waals surface area (Å²) in [6.07, 6.45) is 1.19. The van der Waals surface area contributed by atoms with E-state index in [4.69, 9.17) is 9.47 Å². The predicted molar refractivity (Wildman–Crippen MR) is 93.7 cm³/mol. The van der Waals surface area contributed by atoms with Crippen molar-refractivity contribution in [2.45, 2.75) is 6.92 Å². The van der Waals surface area contributed by atoms with E-state index in [9.17, 15) is 20.0 Å². The lowest BCUT2D eigenvalue weighted by Crippen LogP contribution is -2.24. The van der Waals surface area contributed by atoms with E-state index in [1.807, 2.05) is 19.1 Å². The number of hydrazone groups is 1. The Bertz CT molecular complexity index is 833. The molecule has 0 saturated heterocycles. The molecule has 2 aromatic rings. The molecule has 9 heteroatoms. The van der Waals surface area contributed by atoms with Crippen molar-refractivity contribution in [2.24, 2.45) is 5.10 Å². The van der Waals surface area contributed by atoms with Gasteiger partial charge in [0, 0.05) is 11.6 Å². The predicted octanol–water partition coefficient (Wildman–Crippen LogP) is 2.15. The highest BCUT2D eigenvalue weighted by atomic mass is 16.6. The van der Waals surface area contributed by atoms with E-state index in [2.05, 4.69) is 10.5 Å². The van der Waals surface area contributed by atoms with E-state index in [0.717, 1.165) is 11.6 Å². The van der Waals surface area contributed by atoms with E-state index in [-0.39, 0.29) is 17.9 Å². The average Bonchev–Trinajstić information content (AvgIpc) is 2.62. The molecule has 2 rings (SSSR count). The Balaban J connectivity index is 1.96. The van der Waals surface area contributed by atoms with Crippen molar-refractivity contribution in [2.75, 3.05) is 13.7 Å². The van der Waals surface area contributed by atoms with Crippen LogP contribution in [-0.4, -0.2) is 35.9 Å². The number of nitrogens with one attached hydrogen (secondary N) is 1. The van der Waals surface area contributed by atoms with E-state index in [1.165, 1.54) is 19.4 Å². The Morgan fingerprint density at radius 1 is 1.35 bits per heavy atom. The molecule has 2 N–H and O–H groups in total. The summed E-state index contributed by atoms with van der Waals surface area (Å²) >= 11 is 0. The summed E-state index contributed by atoms with van der Waals surface area (Å²) in [7, 11) is 1.27. The van der Waals surface area contributed by atoms with Gasteiger partial charge in [0.05, 0.1) is 18.2 Å². The second-order valence-corrected chi connectivity index (χ2v) is 5.24. The minimum absolute atomic E-state index is 0.0744. The molecule has 1 amide bonds. The number of phenols is 1. The molecule has 0 aliphatic heterocycles. The van der Waals surface area contributed by atoms with Crippen molar-refractivity contribution in [1.82, 2.24) is 5.43 Å². The summed E-state index contributed by atoms with van der Waals surface area (Å²) in [5.74, 6) is -0.601. The highest BCUT2D eigenvalue weighted by Gasteiger charge is 2.19. The number of methoxy groups -OCH3 is 1. The number of phenolic OH excluding ortho intramolecular Hbond substituents is 1. The van der Waals surface area contributed by atoms with Crippen LogP contribution in [0.25, 0.3) is 0 Å². The van der Waals surface area contributed by atoms with Crippen LogP contribution in [0.1, 0.15) is 11.1 Å². The SMILES string of the molecule is COc1cc(/C=N\NC(=O)COc2ccc(C)cc2)cc([N+](=O)[O-])c1O. The topological polar surface area (TPSA) is 123 Å². The van der Waals surface area contributed by atoms with Gasteiger partial charge < -0.3 is 14.6 Å². The molecule has 0 bridgehead atoms. The summed E-state index contributed by atoms with van der Waals surface area (Å²) in [4.78, 5) is 21.9. The minimum Gasteiger partial charge on any atom is -0.500 e. The van der Waals surface area contributed by atoms with Crippen LogP contribution in [0, 0.1) is 17.0 Å². The normalized spacial score (nSPS) is 10.5. The van der Waals surface area contributed by atoms with Crippen LogP contribution in [-0.2, 0) is 4.79 Å². The van der Waals surface area contributed by atoms with Crippen LogP contribution in [0.5, 0.6) is 17.2 Å². The van der Waals surface area contributed by atoms with Gasteiger partial charge in [-0.15, -0.1) is 0 Å².